The Labute approximate surface area is 143 Å². The SMILES string of the molecule is NC(=O)C1(c2ccccc2OC(=O)C2CCCCC2)CCCCC1. The number of amides is 1. The van der Waals surface area contributed by atoms with Gasteiger partial charge in [-0.1, -0.05) is 56.7 Å². The van der Waals surface area contributed by atoms with Crippen LogP contribution in [-0.2, 0) is 15.0 Å². The largest absolute Gasteiger partial charge is 0.426 e. The van der Waals surface area contributed by atoms with E-state index in [1.165, 1.54) is 6.42 Å². The predicted molar refractivity (Wildman–Crippen MR) is 92.6 cm³/mol. The Bertz CT molecular complexity index is 599. The van der Waals surface area contributed by atoms with Gasteiger partial charge in [-0.05, 0) is 31.7 Å². The van der Waals surface area contributed by atoms with Crippen LogP contribution in [0.25, 0.3) is 0 Å². The second kappa shape index (κ2) is 7.37. The monoisotopic (exact) mass is 329 g/mol. The molecule has 24 heavy (non-hydrogen) atoms. The molecule has 0 spiro atoms. The maximum atomic E-state index is 12.5. The van der Waals surface area contributed by atoms with Gasteiger partial charge in [0, 0.05) is 5.56 Å². The van der Waals surface area contributed by atoms with Crippen molar-refractivity contribution in [2.75, 3.05) is 0 Å². The van der Waals surface area contributed by atoms with E-state index >= 15 is 0 Å². The maximum Gasteiger partial charge on any atom is 0.314 e. The fourth-order valence-electron chi connectivity index (χ4n) is 4.28. The van der Waals surface area contributed by atoms with Crippen LogP contribution in [0.2, 0.25) is 0 Å². The molecule has 2 aliphatic carbocycles. The average Bonchev–Trinajstić information content (AvgIpc) is 2.63. The Morgan fingerprint density at radius 1 is 0.958 bits per heavy atom. The molecular weight excluding hydrogens is 302 g/mol. The molecule has 0 radical (unpaired) electrons. The molecule has 2 fully saturated rings. The number of para-hydroxylation sites is 1. The highest BCUT2D eigenvalue weighted by molar-refractivity contribution is 5.88. The van der Waals surface area contributed by atoms with Crippen LogP contribution in [0, 0.1) is 5.92 Å². The minimum absolute atomic E-state index is 0.0114. The summed E-state index contributed by atoms with van der Waals surface area (Å²) < 4.78 is 5.77. The molecule has 0 unspecified atom stereocenters. The van der Waals surface area contributed by atoms with Gasteiger partial charge in [-0.25, -0.2) is 0 Å². The Hall–Kier alpha value is -1.84. The summed E-state index contributed by atoms with van der Waals surface area (Å²) >= 11 is 0. The summed E-state index contributed by atoms with van der Waals surface area (Å²) in [6.07, 6.45) is 9.75. The highest BCUT2D eigenvalue weighted by Crippen LogP contribution is 2.43. The molecule has 1 amide bonds. The minimum atomic E-state index is -0.693. The van der Waals surface area contributed by atoms with Gasteiger partial charge in [0.15, 0.2) is 0 Å². The van der Waals surface area contributed by atoms with Crippen molar-refractivity contribution in [1.82, 2.24) is 0 Å². The number of carbonyl (C=O) groups excluding carboxylic acids is 2. The summed E-state index contributed by atoms with van der Waals surface area (Å²) in [5.41, 5.74) is 5.90. The van der Waals surface area contributed by atoms with Crippen molar-refractivity contribution in [2.24, 2.45) is 11.7 Å². The molecule has 0 atom stereocenters. The molecule has 4 heteroatoms. The number of carbonyl (C=O) groups is 2. The molecule has 0 aliphatic heterocycles. The smallest absolute Gasteiger partial charge is 0.314 e. The summed E-state index contributed by atoms with van der Waals surface area (Å²) in [5, 5.41) is 0. The molecule has 0 bridgehead atoms. The van der Waals surface area contributed by atoms with Crippen molar-refractivity contribution in [2.45, 2.75) is 69.6 Å². The second-order valence-corrected chi connectivity index (χ2v) is 7.26. The van der Waals surface area contributed by atoms with E-state index in [1.54, 1.807) is 6.07 Å². The zero-order valence-corrected chi connectivity index (χ0v) is 14.3. The van der Waals surface area contributed by atoms with Crippen LogP contribution in [0.5, 0.6) is 5.75 Å². The van der Waals surface area contributed by atoms with Crippen LogP contribution in [0.1, 0.15) is 69.8 Å². The number of ether oxygens (including phenoxy) is 1. The van der Waals surface area contributed by atoms with Crippen molar-refractivity contribution in [3.8, 4) is 5.75 Å². The van der Waals surface area contributed by atoms with Crippen LogP contribution in [-0.4, -0.2) is 11.9 Å². The highest BCUT2D eigenvalue weighted by Gasteiger charge is 2.42. The second-order valence-electron chi connectivity index (χ2n) is 7.26. The van der Waals surface area contributed by atoms with Crippen molar-refractivity contribution in [3.05, 3.63) is 29.8 Å². The van der Waals surface area contributed by atoms with E-state index in [-0.39, 0.29) is 17.8 Å². The standard InChI is InChI=1S/C20H27NO3/c21-19(23)20(13-7-2-8-14-20)16-11-5-6-12-17(16)24-18(22)15-9-3-1-4-10-15/h5-6,11-12,15H,1-4,7-10,13-14H2,(H2,21,23). The van der Waals surface area contributed by atoms with Gasteiger partial charge >= 0.3 is 5.97 Å². The van der Waals surface area contributed by atoms with Gasteiger partial charge in [0.25, 0.3) is 0 Å². The van der Waals surface area contributed by atoms with Gasteiger partial charge in [-0.2, -0.15) is 0 Å². The Morgan fingerprint density at radius 2 is 1.58 bits per heavy atom. The maximum absolute atomic E-state index is 12.5. The van der Waals surface area contributed by atoms with E-state index in [0.29, 0.717) is 5.75 Å². The highest BCUT2D eigenvalue weighted by atomic mass is 16.5. The fraction of sp³-hybridized carbons (Fsp3) is 0.600. The minimum Gasteiger partial charge on any atom is -0.426 e. The molecule has 2 N–H and O–H groups in total. The zero-order chi connectivity index (χ0) is 17.0. The fourth-order valence-corrected chi connectivity index (χ4v) is 4.28. The molecule has 4 nitrogen and oxygen atoms in total. The number of benzene rings is 1. The number of hydrogen-bond donors (Lipinski definition) is 1. The summed E-state index contributed by atoms with van der Waals surface area (Å²) in [5.74, 6) is 0.0532. The third kappa shape index (κ3) is 3.33. The molecule has 1 aromatic carbocycles. The molecule has 2 aliphatic rings. The lowest BCUT2D eigenvalue weighted by molar-refractivity contribution is -0.140. The zero-order valence-electron chi connectivity index (χ0n) is 14.3. The van der Waals surface area contributed by atoms with Gasteiger partial charge in [-0.3, -0.25) is 9.59 Å². The lowest BCUT2D eigenvalue weighted by Gasteiger charge is -2.35. The van der Waals surface area contributed by atoms with E-state index in [2.05, 4.69) is 0 Å². The van der Waals surface area contributed by atoms with Gasteiger partial charge in [0.2, 0.25) is 5.91 Å². The van der Waals surface area contributed by atoms with Crippen LogP contribution in [0.4, 0.5) is 0 Å². The number of nitrogens with two attached hydrogens (primary N) is 1. The summed E-state index contributed by atoms with van der Waals surface area (Å²) in [6, 6.07) is 7.45. The summed E-state index contributed by atoms with van der Waals surface area (Å²) in [4.78, 5) is 24.8. The van der Waals surface area contributed by atoms with Crippen molar-refractivity contribution >= 4 is 11.9 Å². The van der Waals surface area contributed by atoms with E-state index < -0.39 is 5.41 Å². The van der Waals surface area contributed by atoms with E-state index in [9.17, 15) is 9.59 Å². The molecule has 2 saturated carbocycles. The first kappa shape index (κ1) is 17.0. The lowest BCUT2D eigenvalue weighted by atomic mass is 9.68. The van der Waals surface area contributed by atoms with E-state index in [1.807, 2.05) is 18.2 Å². The van der Waals surface area contributed by atoms with Gasteiger partial charge in [0.05, 0.1) is 11.3 Å². The normalized spacial score (nSPS) is 21.2. The molecule has 0 heterocycles. The molecule has 0 aromatic heterocycles. The first-order valence-corrected chi connectivity index (χ1v) is 9.24. The number of esters is 1. The van der Waals surface area contributed by atoms with Crippen LogP contribution >= 0.6 is 0 Å². The molecule has 1 aromatic rings. The van der Waals surface area contributed by atoms with Gasteiger partial charge in [-0.15, -0.1) is 0 Å². The van der Waals surface area contributed by atoms with Crippen molar-refractivity contribution in [1.29, 1.82) is 0 Å². The molecule has 0 saturated heterocycles. The van der Waals surface area contributed by atoms with Crippen LogP contribution in [0.3, 0.4) is 0 Å². The summed E-state index contributed by atoms with van der Waals surface area (Å²) in [6.45, 7) is 0. The van der Waals surface area contributed by atoms with Crippen molar-refractivity contribution in [3.63, 3.8) is 0 Å². The number of hydrogen-bond acceptors (Lipinski definition) is 3. The topological polar surface area (TPSA) is 69.4 Å². The molecular formula is C20H27NO3. The van der Waals surface area contributed by atoms with Crippen LogP contribution in [0.15, 0.2) is 24.3 Å². The Morgan fingerprint density at radius 3 is 2.25 bits per heavy atom. The van der Waals surface area contributed by atoms with Crippen LogP contribution < -0.4 is 10.5 Å². The number of rotatable bonds is 4. The van der Waals surface area contributed by atoms with Gasteiger partial charge < -0.3 is 10.5 Å². The lowest BCUT2D eigenvalue weighted by Crippen LogP contribution is -2.43. The molecule has 130 valence electrons. The average molecular weight is 329 g/mol. The molecule has 3 rings (SSSR count). The van der Waals surface area contributed by atoms with E-state index in [0.717, 1.165) is 63.4 Å². The first-order valence-electron chi connectivity index (χ1n) is 9.24. The van der Waals surface area contributed by atoms with E-state index in [4.69, 9.17) is 10.5 Å². The Balaban J connectivity index is 1.86. The third-order valence-electron chi connectivity index (χ3n) is 5.73. The quantitative estimate of drug-likeness (QED) is 0.673. The van der Waals surface area contributed by atoms with Gasteiger partial charge in [0.1, 0.15) is 5.75 Å². The Kier molecular flexibility index (Phi) is 5.22. The first-order chi connectivity index (χ1) is 11.6. The summed E-state index contributed by atoms with van der Waals surface area (Å²) in [7, 11) is 0. The third-order valence-corrected chi connectivity index (χ3v) is 5.73. The van der Waals surface area contributed by atoms with Crippen molar-refractivity contribution < 1.29 is 14.3 Å². The number of primary amides is 1. The predicted octanol–water partition coefficient (Wildman–Crippen LogP) is 3.86.